The van der Waals surface area contributed by atoms with Crippen molar-refractivity contribution in [3.63, 3.8) is 0 Å². The molecule has 1 N–H and O–H groups in total. The monoisotopic (exact) mass is 377 g/mol. The Labute approximate surface area is 166 Å². The molecule has 1 saturated heterocycles. The van der Waals surface area contributed by atoms with Crippen molar-refractivity contribution in [2.45, 2.75) is 57.5 Å². The van der Waals surface area contributed by atoms with Crippen molar-refractivity contribution < 1.29 is 4.79 Å². The highest BCUT2D eigenvalue weighted by Gasteiger charge is 2.40. The Bertz CT molecular complexity index is 892. The number of carbonyl (C=O) groups excluding carboxylic acids is 1. The lowest BCUT2D eigenvalue weighted by molar-refractivity contribution is 0.236. The predicted molar refractivity (Wildman–Crippen MR) is 111 cm³/mol. The van der Waals surface area contributed by atoms with Crippen LogP contribution in [0.2, 0.25) is 0 Å². The number of aryl methyl sites for hydroxylation is 1. The van der Waals surface area contributed by atoms with Crippen molar-refractivity contribution in [3.8, 4) is 11.3 Å². The van der Waals surface area contributed by atoms with Gasteiger partial charge in [0.25, 0.3) is 0 Å². The zero-order valence-corrected chi connectivity index (χ0v) is 16.4. The van der Waals surface area contributed by atoms with Crippen molar-refractivity contribution in [1.29, 1.82) is 0 Å². The van der Waals surface area contributed by atoms with Crippen molar-refractivity contribution in [3.05, 3.63) is 36.2 Å². The molecule has 3 aliphatic rings. The maximum absolute atomic E-state index is 13.3. The Morgan fingerprint density at radius 3 is 2.82 bits per heavy atom. The van der Waals surface area contributed by atoms with Crippen LogP contribution in [0.4, 0.5) is 16.3 Å². The van der Waals surface area contributed by atoms with E-state index >= 15 is 0 Å². The Morgan fingerprint density at radius 1 is 1.14 bits per heavy atom. The van der Waals surface area contributed by atoms with Crippen LogP contribution >= 0.6 is 0 Å². The minimum absolute atomic E-state index is 0.0234. The first-order valence-electron chi connectivity index (χ1n) is 10.5. The van der Waals surface area contributed by atoms with Crippen LogP contribution in [0.1, 0.15) is 44.2 Å². The predicted octanol–water partition coefficient (Wildman–Crippen LogP) is 3.89. The Morgan fingerprint density at radius 2 is 2.00 bits per heavy atom. The van der Waals surface area contributed by atoms with E-state index in [9.17, 15) is 4.79 Å². The summed E-state index contributed by atoms with van der Waals surface area (Å²) in [7, 11) is 0. The third-order valence-corrected chi connectivity index (χ3v) is 6.30. The van der Waals surface area contributed by atoms with E-state index in [1.54, 1.807) is 0 Å². The van der Waals surface area contributed by atoms with E-state index in [1.165, 1.54) is 19.3 Å². The Kier molecular flexibility index (Phi) is 4.41. The van der Waals surface area contributed by atoms with E-state index in [2.05, 4.69) is 27.3 Å². The first-order chi connectivity index (χ1) is 13.7. The van der Waals surface area contributed by atoms with Gasteiger partial charge in [0.2, 0.25) is 0 Å². The average Bonchev–Trinajstić information content (AvgIpc) is 3.13. The van der Waals surface area contributed by atoms with Gasteiger partial charge in [-0.15, -0.1) is 0 Å². The summed E-state index contributed by atoms with van der Waals surface area (Å²) in [6, 6.07) is 8.73. The van der Waals surface area contributed by atoms with Crippen LogP contribution in [0.25, 0.3) is 11.3 Å². The second-order valence-corrected chi connectivity index (χ2v) is 8.27. The largest absolute Gasteiger partial charge is 0.366 e. The van der Waals surface area contributed by atoms with Gasteiger partial charge in [0, 0.05) is 36.6 Å². The molecule has 6 nitrogen and oxygen atoms in total. The van der Waals surface area contributed by atoms with Gasteiger partial charge in [-0.3, -0.25) is 9.88 Å². The molecule has 0 aromatic carbocycles. The lowest BCUT2D eigenvalue weighted by Crippen LogP contribution is -2.53. The number of anilines is 2. The molecule has 2 bridgehead atoms. The number of hydrogen-bond donors (Lipinski definition) is 1. The fourth-order valence-electron chi connectivity index (χ4n) is 4.83. The number of fused-ring (bicyclic) bond motifs is 4. The van der Waals surface area contributed by atoms with E-state index in [0.717, 1.165) is 60.8 Å². The number of rotatable bonds is 2. The smallest absolute Gasteiger partial charge is 0.323 e. The normalized spacial score (nSPS) is 21.5. The first kappa shape index (κ1) is 17.5. The standard InChI is InChI=1S/C22H27N5O/c1-15-13-16(9-11-23-15)19-7-8-20-21(25-19)27(18-10-12-26(20)14-18)22(28)24-17-5-3-2-4-6-17/h7-9,11,13,17-18H,2-6,10,12,14H2,1H3,(H,24,28)/t18-/m0/s1. The number of carbonyl (C=O) groups is 1. The number of aromatic nitrogens is 2. The highest BCUT2D eigenvalue weighted by atomic mass is 16.2. The number of nitrogens with zero attached hydrogens (tertiary/aromatic N) is 4. The van der Waals surface area contributed by atoms with E-state index in [4.69, 9.17) is 4.98 Å². The van der Waals surface area contributed by atoms with Crippen LogP contribution in [0.3, 0.4) is 0 Å². The molecule has 28 heavy (non-hydrogen) atoms. The minimum atomic E-state index is 0.0234. The van der Waals surface area contributed by atoms with Gasteiger partial charge >= 0.3 is 6.03 Å². The maximum atomic E-state index is 13.3. The van der Waals surface area contributed by atoms with E-state index in [1.807, 2.05) is 30.2 Å². The number of amides is 2. The van der Waals surface area contributed by atoms with Gasteiger partial charge in [0.15, 0.2) is 5.82 Å². The lowest BCUT2D eigenvalue weighted by atomic mass is 9.96. The van der Waals surface area contributed by atoms with Gasteiger partial charge in [-0.1, -0.05) is 19.3 Å². The molecule has 2 aromatic heterocycles. The number of pyridine rings is 2. The lowest BCUT2D eigenvalue weighted by Gasteiger charge is -2.37. The molecule has 6 heteroatoms. The summed E-state index contributed by atoms with van der Waals surface area (Å²) in [5.41, 5.74) is 3.97. The van der Waals surface area contributed by atoms with Crippen molar-refractivity contribution in [1.82, 2.24) is 15.3 Å². The zero-order chi connectivity index (χ0) is 19.1. The summed E-state index contributed by atoms with van der Waals surface area (Å²) in [6.45, 7) is 3.87. The zero-order valence-electron chi connectivity index (χ0n) is 16.4. The topological polar surface area (TPSA) is 61.4 Å². The Balaban J connectivity index is 1.49. The van der Waals surface area contributed by atoms with E-state index in [-0.39, 0.29) is 12.1 Å². The highest BCUT2D eigenvalue weighted by Crippen LogP contribution is 2.40. The molecule has 2 fully saturated rings. The van der Waals surface area contributed by atoms with Gasteiger partial charge in [-0.25, -0.2) is 9.78 Å². The molecule has 0 unspecified atom stereocenters. The molecular weight excluding hydrogens is 350 g/mol. The molecular formula is C22H27N5O. The summed E-state index contributed by atoms with van der Waals surface area (Å²) in [4.78, 5) is 26.8. The maximum Gasteiger partial charge on any atom is 0.323 e. The van der Waals surface area contributed by atoms with E-state index in [0.29, 0.717) is 6.04 Å². The summed E-state index contributed by atoms with van der Waals surface area (Å²) in [5, 5.41) is 3.30. The highest BCUT2D eigenvalue weighted by molar-refractivity contribution is 5.97. The number of nitrogens with one attached hydrogen (secondary N) is 1. The summed E-state index contributed by atoms with van der Waals surface area (Å²) in [6.07, 6.45) is 8.70. The summed E-state index contributed by atoms with van der Waals surface area (Å²) >= 11 is 0. The van der Waals surface area contributed by atoms with Crippen molar-refractivity contribution >= 4 is 17.5 Å². The average molecular weight is 377 g/mol. The second kappa shape index (κ2) is 7.08. The first-order valence-corrected chi connectivity index (χ1v) is 10.5. The van der Waals surface area contributed by atoms with Crippen molar-refractivity contribution in [2.24, 2.45) is 0 Å². The Hall–Kier alpha value is -2.63. The van der Waals surface area contributed by atoms with Crippen molar-refractivity contribution in [2.75, 3.05) is 22.9 Å². The summed E-state index contributed by atoms with van der Waals surface area (Å²) in [5.74, 6) is 0.800. The van der Waals surface area contributed by atoms with Gasteiger partial charge in [0.05, 0.1) is 17.4 Å². The van der Waals surface area contributed by atoms with Crippen LogP contribution in [0, 0.1) is 6.92 Å². The number of hydrogen-bond acceptors (Lipinski definition) is 4. The summed E-state index contributed by atoms with van der Waals surface area (Å²) < 4.78 is 0. The SMILES string of the molecule is Cc1cc(-c2ccc3c(n2)N(C(=O)NC2CCCCC2)[C@H]2CCN3C2)ccn1. The minimum Gasteiger partial charge on any atom is -0.366 e. The molecule has 2 amide bonds. The van der Waals surface area contributed by atoms with Gasteiger partial charge in [0.1, 0.15) is 0 Å². The molecule has 2 aromatic rings. The molecule has 1 aliphatic carbocycles. The third-order valence-electron chi connectivity index (χ3n) is 6.30. The van der Waals surface area contributed by atoms with E-state index < -0.39 is 0 Å². The molecule has 2 aliphatic heterocycles. The molecule has 0 spiro atoms. The van der Waals surface area contributed by atoms with Gasteiger partial charge in [-0.2, -0.15) is 0 Å². The van der Waals surface area contributed by atoms with Crippen LogP contribution in [-0.2, 0) is 0 Å². The van der Waals surface area contributed by atoms with Crippen LogP contribution < -0.4 is 15.1 Å². The van der Waals surface area contributed by atoms with Crippen LogP contribution in [0.15, 0.2) is 30.5 Å². The molecule has 1 saturated carbocycles. The van der Waals surface area contributed by atoms with Gasteiger partial charge in [-0.05, 0) is 50.5 Å². The molecule has 4 heterocycles. The fourth-order valence-corrected chi connectivity index (χ4v) is 4.83. The molecule has 1 atom stereocenters. The van der Waals surface area contributed by atoms with Gasteiger partial charge < -0.3 is 10.2 Å². The quantitative estimate of drug-likeness (QED) is 0.862. The third kappa shape index (κ3) is 3.11. The molecule has 146 valence electrons. The second-order valence-electron chi connectivity index (χ2n) is 8.27. The molecule has 5 rings (SSSR count). The molecule has 0 radical (unpaired) electrons. The fraction of sp³-hybridized carbons (Fsp3) is 0.500. The van der Waals surface area contributed by atoms with Crippen LogP contribution in [0.5, 0.6) is 0 Å². The number of urea groups is 1. The van der Waals surface area contributed by atoms with Crippen LogP contribution in [-0.4, -0.2) is 41.2 Å².